The van der Waals surface area contributed by atoms with Crippen molar-refractivity contribution in [2.75, 3.05) is 0 Å². The van der Waals surface area contributed by atoms with Gasteiger partial charge in [0, 0.05) is 0 Å². The van der Waals surface area contributed by atoms with Crippen LogP contribution in [-0.2, 0) is 4.79 Å². The van der Waals surface area contributed by atoms with Gasteiger partial charge in [-0.1, -0.05) is 50.3 Å². The molecule has 1 aromatic carbocycles. The van der Waals surface area contributed by atoms with Crippen LogP contribution in [0.15, 0.2) is 36.9 Å². The lowest BCUT2D eigenvalue weighted by Gasteiger charge is -2.03. The molecule has 0 aliphatic heterocycles. The smallest absolute Gasteiger partial charge is 0.244 e. The van der Waals surface area contributed by atoms with Crippen LogP contribution in [0.5, 0.6) is 0 Å². The van der Waals surface area contributed by atoms with Crippen LogP contribution in [0.3, 0.4) is 0 Å². The number of hydrogen-bond donors (Lipinski definition) is 0. The highest BCUT2D eigenvalue weighted by Crippen LogP contribution is 2.13. The lowest BCUT2D eigenvalue weighted by atomic mass is 10.0. The van der Waals surface area contributed by atoms with Crippen molar-refractivity contribution in [1.29, 1.82) is 0 Å². The highest BCUT2D eigenvalue weighted by Gasteiger charge is 1.95. The van der Waals surface area contributed by atoms with Gasteiger partial charge in [-0.05, 0) is 36.1 Å². The molecule has 0 spiro atoms. The van der Waals surface area contributed by atoms with E-state index in [0.29, 0.717) is 5.92 Å². The molecule has 0 heterocycles. The van der Waals surface area contributed by atoms with Crippen molar-refractivity contribution >= 4 is 16.8 Å². The first-order valence-electron chi connectivity index (χ1n) is 4.85. The second-order valence-electron chi connectivity index (χ2n) is 3.57. The Morgan fingerprint density at radius 3 is 2.00 bits per heavy atom. The Bertz CT molecular complexity index is 312. The molecule has 0 saturated heterocycles. The molecule has 0 atom stereocenters. The second-order valence-corrected chi connectivity index (χ2v) is 3.95. The van der Waals surface area contributed by atoms with Gasteiger partial charge in [0.05, 0.1) is 0 Å². The summed E-state index contributed by atoms with van der Waals surface area (Å²) >= 11 is 4.71. The van der Waals surface area contributed by atoms with Gasteiger partial charge in [0.15, 0.2) is 0 Å². The highest BCUT2D eigenvalue weighted by atomic mass is 35.5. The number of aryl methyl sites for hydroxylation is 1. The first kappa shape index (κ1) is 13.9. The third kappa shape index (κ3) is 6.92. The summed E-state index contributed by atoms with van der Waals surface area (Å²) in [6.45, 7) is 9.62. The van der Waals surface area contributed by atoms with E-state index in [2.05, 4.69) is 51.6 Å². The number of carbonyl (C=O) groups excluding carboxylic acids is 1. The summed E-state index contributed by atoms with van der Waals surface area (Å²) < 4.78 is 0. The van der Waals surface area contributed by atoms with Crippen molar-refractivity contribution < 1.29 is 4.79 Å². The summed E-state index contributed by atoms with van der Waals surface area (Å²) in [6, 6.07) is 8.71. The lowest BCUT2D eigenvalue weighted by Crippen LogP contribution is -1.85. The summed E-state index contributed by atoms with van der Waals surface area (Å²) in [5.41, 5.74) is 2.76. The SMILES string of the molecule is C=CC(=O)Cl.Cc1ccc(C(C)C)cc1. The molecule has 0 fully saturated rings. The van der Waals surface area contributed by atoms with Crippen LogP contribution in [0.25, 0.3) is 0 Å². The maximum Gasteiger partial charge on any atom is 0.244 e. The van der Waals surface area contributed by atoms with E-state index in [0.717, 1.165) is 6.08 Å². The summed E-state index contributed by atoms with van der Waals surface area (Å²) in [6.07, 6.45) is 1.04. The van der Waals surface area contributed by atoms with Crippen LogP contribution in [0.2, 0.25) is 0 Å². The molecule has 0 amide bonds. The molecule has 1 rings (SSSR count). The van der Waals surface area contributed by atoms with E-state index in [1.807, 2.05) is 0 Å². The second kappa shape index (κ2) is 7.24. The van der Waals surface area contributed by atoms with E-state index < -0.39 is 5.24 Å². The minimum atomic E-state index is -0.509. The van der Waals surface area contributed by atoms with Crippen LogP contribution < -0.4 is 0 Å². The molecular formula is C13H17ClO. The van der Waals surface area contributed by atoms with E-state index in [-0.39, 0.29) is 0 Å². The first-order chi connectivity index (χ1) is 6.97. The Morgan fingerprint density at radius 1 is 1.33 bits per heavy atom. The van der Waals surface area contributed by atoms with Gasteiger partial charge in [-0.15, -0.1) is 0 Å². The van der Waals surface area contributed by atoms with Gasteiger partial charge in [0.1, 0.15) is 0 Å². The van der Waals surface area contributed by atoms with Gasteiger partial charge in [-0.2, -0.15) is 0 Å². The van der Waals surface area contributed by atoms with Gasteiger partial charge in [0.25, 0.3) is 0 Å². The molecule has 0 aliphatic carbocycles. The summed E-state index contributed by atoms with van der Waals surface area (Å²) in [7, 11) is 0. The monoisotopic (exact) mass is 224 g/mol. The molecule has 0 N–H and O–H groups in total. The predicted octanol–water partition coefficient (Wildman–Crippen LogP) is 4.06. The zero-order valence-electron chi connectivity index (χ0n) is 9.46. The molecule has 2 heteroatoms. The maximum absolute atomic E-state index is 9.46. The van der Waals surface area contributed by atoms with Crippen molar-refractivity contribution in [2.24, 2.45) is 0 Å². The first-order valence-corrected chi connectivity index (χ1v) is 5.23. The largest absolute Gasteiger partial charge is 0.276 e. The minimum absolute atomic E-state index is 0.509. The highest BCUT2D eigenvalue weighted by molar-refractivity contribution is 6.66. The topological polar surface area (TPSA) is 17.1 Å². The molecule has 1 nitrogen and oxygen atoms in total. The summed E-state index contributed by atoms with van der Waals surface area (Å²) in [5, 5.41) is -0.509. The zero-order valence-corrected chi connectivity index (χ0v) is 10.2. The fourth-order valence-electron chi connectivity index (χ4n) is 0.951. The Morgan fingerprint density at radius 2 is 1.73 bits per heavy atom. The van der Waals surface area contributed by atoms with Crippen molar-refractivity contribution in [3.05, 3.63) is 48.0 Å². The van der Waals surface area contributed by atoms with Gasteiger partial charge < -0.3 is 0 Å². The van der Waals surface area contributed by atoms with E-state index >= 15 is 0 Å². The van der Waals surface area contributed by atoms with Gasteiger partial charge in [0.2, 0.25) is 5.24 Å². The summed E-state index contributed by atoms with van der Waals surface area (Å²) in [5.74, 6) is 0.653. The lowest BCUT2D eigenvalue weighted by molar-refractivity contribution is -0.107. The van der Waals surface area contributed by atoms with E-state index in [1.54, 1.807) is 0 Å². The van der Waals surface area contributed by atoms with E-state index in [4.69, 9.17) is 11.6 Å². The normalized spacial score (nSPS) is 9.13. The molecule has 0 radical (unpaired) electrons. The maximum atomic E-state index is 9.46. The third-order valence-corrected chi connectivity index (χ3v) is 2.06. The van der Waals surface area contributed by atoms with Gasteiger partial charge in [-0.3, -0.25) is 4.79 Å². The Balaban J connectivity index is 0.000000336. The molecule has 0 saturated carbocycles. The number of rotatable bonds is 2. The fraction of sp³-hybridized carbons (Fsp3) is 0.308. The molecule has 0 aliphatic rings. The number of benzene rings is 1. The molecule has 82 valence electrons. The van der Waals surface area contributed by atoms with Crippen LogP contribution >= 0.6 is 11.6 Å². The number of hydrogen-bond acceptors (Lipinski definition) is 1. The van der Waals surface area contributed by atoms with E-state index in [9.17, 15) is 4.79 Å². The standard InChI is InChI=1S/C10H14.C3H3ClO/c1-8(2)10-6-4-9(3)5-7-10;1-2-3(4)5/h4-8H,1-3H3;2H,1H2. The van der Waals surface area contributed by atoms with Gasteiger partial charge in [-0.25, -0.2) is 0 Å². The number of carbonyl (C=O) groups is 1. The molecule has 0 unspecified atom stereocenters. The predicted molar refractivity (Wildman–Crippen MR) is 66.3 cm³/mol. The average molecular weight is 225 g/mol. The minimum Gasteiger partial charge on any atom is -0.276 e. The Labute approximate surface area is 96.8 Å². The Hall–Kier alpha value is -1.08. The molecule has 0 aromatic heterocycles. The van der Waals surface area contributed by atoms with Crippen molar-refractivity contribution in [1.82, 2.24) is 0 Å². The van der Waals surface area contributed by atoms with Crippen LogP contribution in [0.4, 0.5) is 0 Å². The molecule has 0 bridgehead atoms. The molecular weight excluding hydrogens is 208 g/mol. The van der Waals surface area contributed by atoms with Gasteiger partial charge >= 0.3 is 0 Å². The van der Waals surface area contributed by atoms with Crippen LogP contribution in [-0.4, -0.2) is 5.24 Å². The van der Waals surface area contributed by atoms with Crippen LogP contribution in [0, 0.1) is 6.92 Å². The molecule has 15 heavy (non-hydrogen) atoms. The average Bonchev–Trinajstić information content (AvgIpc) is 2.19. The van der Waals surface area contributed by atoms with E-state index in [1.165, 1.54) is 11.1 Å². The van der Waals surface area contributed by atoms with Crippen molar-refractivity contribution in [2.45, 2.75) is 26.7 Å². The van der Waals surface area contributed by atoms with Crippen LogP contribution in [0.1, 0.15) is 30.9 Å². The fourth-order valence-corrected chi connectivity index (χ4v) is 0.951. The quantitative estimate of drug-likeness (QED) is 0.547. The number of allylic oxidation sites excluding steroid dienone is 1. The van der Waals surface area contributed by atoms with Crippen molar-refractivity contribution in [3.8, 4) is 0 Å². The Kier molecular flexibility index (Phi) is 6.72. The third-order valence-electron chi connectivity index (χ3n) is 1.90. The zero-order chi connectivity index (χ0) is 11.8. The van der Waals surface area contributed by atoms with Crippen molar-refractivity contribution in [3.63, 3.8) is 0 Å². The molecule has 1 aromatic rings. The summed E-state index contributed by atoms with van der Waals surface area (Å²) in [4.78, 5) is 9.46. The number of halogens is 1.